The molecule has 1 saturated heterocycles. The quantitative estimate of drug-likeness (QED) is 0.209. The fraction of sp³-hybridized carbons (Fsp3) is 0.486. The fourth-order valence-electron chi connectivity index (χ4n) is 5.92. The van der Waals surface area contributed by atoms with Crippen LogP contribution in [0.5, 0.6) is 23.0 Å². The first-order chi connectivity index (χ1) is 21.3. The van der Waals surface area contributed by atoms with Gasteiger partial charge in [-0.3, -0.25) is 9.78 Å². The van der Waals surface area contributed by atoms with Gasteiger partial charge in [0.2, 0.25) is 0 Å². The molecule has 3 aromatic rings. The largest absolute Gasteiger partial charge is 0.496 e. The SMILES string of the molecule is COc1cc2c(C(OC(=O)C3CC3)c3ccc4c(c3OC)C=CC(C)(C)O4)ccnc2cc1OCCCN1CCN(C)CC1. The minimum Gasteiger partial charge on any atom is -0.496 e. The van der Waals surface area contributed by atoms with E-state index < -0.39 is 11.7 Å². The third-order valence-corrected chi connectivity index (χ3v) is 8.66. The summed E-state index contributed by atoms with van der Waals surface area (Å²) in [6, 6.07) is 9.60. The van der Waals surface area contributed by atoms with E-state index >= 15 is 0 Å². The number of nitrogens with zero attached hydrogens (tertiary/aromatic N) is 3. The molecular formula is C35H43N3O6. The first-order valence-electron chi connectivity index (χ1n) is 15.6. The maximum Gasteiger partial charge on any atom is 0.309 e. The van der Waals surface area contributed by atoms with E-state index in [-0.39, 0.29) is 11.9 Å². The highest BCUT2D eigenvalue weighted by atomic mass is 16.5. The highest BCUT2D eigenvalue weighted by Gasteiger charge is 2.36. The van der Waals surface area contributed by atoms with Gasteiger partial charge in [0.1, 0.15) is 17.1 Å². The summed E-state index contributed by atoms with van der Waals surface area (Å²) in [5.74, 6) is 2.31. The third-order valence-electron chi connectivity index (χ3n) is 8.66. The number of hydrogen-bond donors (Lipinski definition) is 0. The molecule has 0 spiro atoms. The molecule has 2 fully saturated rings. The van der Waals surface area contributed by atoms with Crippen molar-refractivity contribution in [3.63, 3.8) is 0 Å². The second kappa shape index (κ2) is 12.7. The Morgan fingerprint density at radius 1 is 1.05 bits per heavy atom. The number of aromatic nitrogens is 1. The van der Waals surface area contributed by atoms with E-state index in [0.717, 1.165) is 85.3 Å². The van der Waals surface area contributed by atoms with E-state index in [1.807, 2.05) is 56.3 Å². The molecule has 6 rings (SSSR count). The number of ether oxygens (including phenoxy) is 5. The van der Waals surface area contributed by atoms with E-state index in [9.17, 15) is 4.79 Å². The van der Waals surface area contributed by atoms with Crippen LogP contribution in [-0.4, -0.2) is 87.0 Å². The fourth-order valence-corrected chi connectivity index (χ4v) is 5.92. The van der Waals surface area contributed by atoms with Gasteiger partial charge in [0, 0.05) is 61.5 Å². The zero-order valence-corrected chi connectivity index (χ0v) is 26.4. The predicted molar refractivity (Wildman–Crippen MR) is 170 cm³/mol. The van der Waals surface area contributed by atoms with Crippen LogP contribution in [0.15, 0.2) is 42.6 Å². The van der Waals surface area contributed by atoms with Gasteiger partial charge in [-0.15, -0.1) is 0 Å². The Bertz CT molecular complexity index is 1540. The van der Waals surface area contributed by atoms with Gasteiger partial charge in [0.15, 0.2) is 17.6 Å². The molecule has 0 bridgehead atoms. The first-order valence-corrected chi connectivity index (χ1v) is 15.6. The lowest BCUT2D eigenvalue weighted by Crippen LogP contribution is -2.44. The number of benzene rings is 2. The molecule has 0 radical (unpaired) electrons. The molecule has 1 atom stereocenters. The average molecular weight is 602 g/mol. The summed E-state index contributed by atoms with van der Waals surface area (Å²) >= 11 is 0. The molecule has 0 amide bonds. The topological polar surface area (TPSA) is 82.6 Å². The van der Waals surface area contributed by atoms with Crippen molar-refractivity contribution in [1.82, 2.24) is 14.8 Å². The summed E-state index contributed by atoms with van der Waals surface area (Å²) in [5.41, 5.74) is 2.65. The highest BCUT2D eigenvalue weighted by Crippen LogP contribution is 2.46. The summed E-state index contributed by atoms with van der Waals surface area (Å²) < 4.78 is 30.5. The Morgan fingerprint density at radius 3 is 2.57 bits per heavy atom. The first kappa shape index (κ1) is 30.2. The number of pyridine rings is 1. The Hall–Kier alpha value is -3.82. The standard InChI is InChI=1S/C35H43N3O6/c1-35(2)13-11-25-29(44-35)10-9-26(32(25)41-5)33(43-34(39)23-7-8-23)24-12-14-36-28-22-31(30(40-4)21-27(24)28)42-20-6-15-38-18-16-37(3)17-19-38/h9-14,21-23,33H,6-8,15-20H2,1-5H3. The second-order valence-corrected chi connectivity index (χ2v) is 12.5. The molecule has 2 aliphatic heterocycles. The molecule has 9 nitrogen and oxygen atoms in total. The molecule has 1 aromatic heterocycles. The van der Waals surface area contributed by atoms with Crippen molar-refractivity contribution >= 4 is 22.9 Å². The Morgan fingerprint density at radius 2 is 1.84 bits per heavy atom. The summed E-state index contributed by atoms with van der Waals surface area (Å²) in [7, 11) is 5.44. The van der Waals surface area contributed by atoms with E-state index in [1.165, 1.54) is 0 Å². The van der Waals surface area contributed by atoms with E-state index in [2.05, 4.69) is 21.8 Å². The molecule has 2 aromatic carbocycles. The van der Waals surface area contributed by atoms with Crippen molar-refractivity contribution in [3.8, 4) is 23.0 Å². The van der Waals surface area contributed by atoms with Gasteiger partial charge in [-0.05, 0) is 76.6 Å². The molecule has 3 aliphatic rings. The smallest absolute Gasteiger partial charge is 0.309 e. The number of rotatable bonds is 11. The zero-order chi connectivity index (χ0) is 30.8. The molecule has 44 heavy (non-hydrogen) atoms. The molecular weight excluding hydrogens is 558 g/mol. The number of fused-ring (bicyclic) bond motifs is 2. The van der Waals surface area contributed by atoms with Gasteiger partial charge in [0.05, 0.1) is 37.8 Å². The Labute approximate surface area is 259 Å². The lowest BCUT2D eigenvalue weighted by Gasteiger charge is -2.32. The van der Waals surface area contributed by atoms with Crippen molar-refractivity contribution in [2.75, 3.05) is 60.6 Å². The Kier molecular flexibility index (Phi) is 8.69. The Balaban J connectivity index is 1.32. The molecule has 1 saturated carbocycles. The van der Waals surface area contributed by atoms with Crippen LogP contribution >= 0.6 is 0 Å². The molecule has 3 heterocycles. The van der Waals surface area contributed by atoms with Crippen LogP contribution in [0.2, 0.25) is 0 Å². The van der Waals surface area contributed by atoms with Gasteiger partial charge in [-0.1, -0.05) is 0 Å². The van der Waals surface area contributed by atoms with Gasteiger partial charge in [-0.25, -0.2) is 0 Å². The molecule has 9 heteroatoms. The van der Waals surface area contributed by atoms with E-state index in [1.54, 1.807) is 20.4 Å². The maximum atomic E-state index is 13.2. The predicted octanol–water partition coefficient (Wildman–Crippen LogP) is 5.50. The monoisotopic (exact) mass is 601 g/mol. The number of carbonyl (C=O) groups excluding carboxylic acids is 1. The molecule has 0 N–H and O–H groups in total. The van der Waals surface area contributed by atoms with Gasteiger partial charge >= 0.3 is 5.97 Å². The van der Waals surface area contributed by atoms with Crippen molar-refractivity contribution in [1.29, 1.82) is 0 Å². The summed E-state index contributed by atoms with van der Waals surface area (Å²) in [6.45, 7) is 9.98. The van der Waals surface area contributed by atoms with Crippen molar-refractivity contribution in [2.45, 2.75) is 44.8 Å². The highest BCUT2D eigenvalue weighted by molar-refractivity contribution is 5.87. The van der Waals surface area contributed by atoms with E-state index in [4.69, 9.17) is 23.7 Å². The van der Waals surface area contributed by atoms with Gasteiger partial charge in [-0.2, -0.15) is 0 Å². The minimum absolute atomic E-state index is 0.0707. The van der Waals surface area contributed by atoms with Gasteiger partial charge < -0.3 is 33.5 Å². The maximum absolute atomic E-state index is 13.2. The zero-order valence-electron chi connectivity index (χ0n) is 26.4. The van der Waals surface area contributed by atoms with Crippen molar-refractivity contribution in [2.24, 2.45) is 5.92 Å². The summed E-state index contributed by atoms with van der Waals surface area (Å²) in [4.78, 5) is 22.7. The number of carbonyl (C=O) groups is 1. The summed E-state index contributed by atoms with van der Waals surface area (Å²) in [6.07, 6.45) is 7.66. The number of piperazine rings is 1. The number of likely N-dealkylation sites (N-methyl/N-ethyl adjacent to an activating group) is 1. The molecule has 234 valence electrons. The van der Waals surface area contributed by atoms with Crippen LogP contribution in [0, 0.1) is 5.92 Å². The summed E-state index contributed by atoms with van der Waals surface area (Å²) in [5, 5.41) is 0.815. The van der Waals surface area contributed by atoms with Crippen LogP contribution < -0.4 is 18.9 Å². The van der Waals surface area contributed by atoms with Crippen molar-refractivity contribution in [3.05, 3.63) is 59.3 Å². The van der Waals surface area contributed by atoms with Crippen LogP contribution in [-0.2, 0) is 9.53 Å². The number of hydrogen-bond acceptors (Lipinski definition) is 9. The number of esters is 1. The average Bonchev–Trinajstić information content (AvgIpc) is 3.87. The molecule has 1 aliphatic carbocycles. The third kappa shape index (κ3) is 6.49. The molecule has 1 unspecified atom stereocenters. The van der Waals surface area contributed by atoms with Crippen LogP contribution in [0.3, 0.4) is 0 Å². The number of methoxy groups -OCH3 is 2. The normalized spacial score (nSPS) is 18.8. The van der Waals surface area contributed by atoms with E-state index in [0.29, 0.717) is 23.9 Å². The lowest BCUT2D eigenvalue weighted by molar-refractivity contribution is -0.149. The van der Waals surface area contributed by atoms with Crippen LogP contribution in [0.4, 0.5) is 0 Å². The van der Waals surface area contributed by atoms with Crippen LogP contribution in [0.1, 0.15) is 55.9 Å². The van der Waals surface area contributed by atoms with Crippen molar-refractivity contribution < 1.29 is 28.5 Å². The lowest BCUT2D eigenvalue weighted by atomic mass is 9.93. The van der Waals surface area contributed by atoms with Crippen LogP contribution in [0.25, 0.3) is 17.0 Å². The minimum atomic E-state index is -0.725. The second-order valence-electron chi connectivity index (χ2n) is 12.5. The van der Waals surface area contributed by atoms with Gasteiger partial charge in [0.25, 0.3) is 0 Å².